The van der Waals surface area contributed by atoms with E-state index in [4.69, 9.17) is 0 Å². The smallest absolute Gasteiger partial charge is 0.127 e. The maximum absolute atomic E-state index is 11.0. The lowest BCUT2D eigenvalue weighted by molar-refractivity contribution is -0.304. The molecule has 0 saturated heterocycles. The Balaban J connectivity index is 2.01. The van der Waals surface area contributed by atoms with Crippen LogP contribution in [0.5, 0.6) is 0 Å². The Bertz CT molecular complexity index is 808. The largest absolute Gasteiger partial charge is 0.550 e. The third-order valence-electron chi connectivity index (χ3n) is 3.25. The van der Waals surface area contributed by atoms with Gasteiger partial charge in [-0.2, -0.15) is 11.3 Å². The van der Waals surface area contributed by atoms with Gasteiger partial charge in [-0.25, -0.2) is 9.97 Å². The summed E-state index contributed by atoms with van der Waals surface area (Å²) in [6.07, 6.45) is 1.63. The second-order valence-corrected chi connectivity index (χ2v) is 7.01. The van der Waals surface area contributed by atoms with Crippen molar-refractivity contribution in [1.29, 1.82) is 0 Å². The highest BCUT2D eigenvalue weighted by Crippen LogP contribution is 2.35. The number of pyridine rings is 1. The van der Waals surface area contributed by atoms with Gasteiger partial charge in [0.05, 0.1) is 5.69 Å². The zero-order valence-electron chi connectivity index (χ0n) is 12.6. The summed E-state index contributed by atoms with van der Waals surface area (Å²) in [5.41, 5.74) is 2.53. The normalized spacial score (nSPS) is 10.7. The van der Waals surface area contributed by atoms with Crippen molar-refractivity contribution in [2.45, 2.75) is 6.42 Å². The maximum atomic E-state index is 11.0. The standard InChI is InChI=1S/C16H15N3O2S2/c1-19(2)13-4-3-10(8-17-13)16-18-15(11-5-6-22-9-11)12(23-16)7-14(20)21/h3-6,8-9H,7H2,1-2H3,(H,20,21)/p-1. The Kier molecular flexibility index (Phi) is 4.40. The molecule has 0 amide bonds. The van der Waals surface area contributed by atoms with Gasteiger partial charge in [0.1, 0.15) is 10.8 Å². The molecule has 0 aromatic carbocycles. The van der Waals surface area contributed by atoms with Gasteiger partial charge < -0.3 is 14.8 Å². The van der Waals surface area contributed by atoms with Crippen molar-refractivity contribution in [3.8, 4) is 21.8 Å². The number of nitrogens with zero attached hydrogens (tertiary/aromatic N) is 3. The minimum Gasteiger partial charge on any atom is -0.550 e. The fourth-order valence-corrected chi connectivity index (χ4v) is 3.83. The van der Waals surface area contributed by atoms with Gasteiger partial charge in [-0.05, 0) is 23.6 Å². The second-order valence-electron chi connectivity index (χ2n) is 5.15. The van der Waals surface area contributed by atoms with Gasteiger partial charge in [0, 0.05) is 54.1 Å². The Hall–Kier alpha value is -2.25. The van der Waals surface area contributed by atoms with Gasteiger partial charge in [-0.1, -0.05) is 0 Å². The van der Waals surface area contributed by atoms with Crippen LogP contribution in [0.3, 0.4) is 0 Å². The molecule has 0 fully saturated rings. The Morgan fingerprint density at radius 2 is 2.09 bits per heavy atom. The van der Waals surface area contributed by atoms with E-state index in [0.717, 1.165) is 22.0 Å². The molecule has 3 aromatic rings. The van der Waals surface area contributed by atoms with Crippen LogP contribution in [0.1, 0.15) is 4.88 Å². The fraction of sp³-hybridized carbons (Fsp3) is 0.188. The molecule has 0 aliphatic carbocycles. The molecule has 0 aliphatic rings. The molecule has 0 N–H and O–H groups in total. The fourth-order valence-electron chi connectivity index (χ4n) is 2.13. The first-order chi connectivity index (χ1) is 11.0. The van der Waals surface area contributed by atoms with Crippen LogP contribution >= 0.6 is 22.7 Å². The Morgan fingerprint density at radius 1 is 1.26 bits per heavy atom. The molecule has 7 heteroatoms. The summed E-state index contributed by atoms with van der Waals surface area (Å²) < 4.78 is 0. The van der Waals surface area contributed by atoms with Crippen molar-refractivity contribution in [3.63, 3.8) is 0 Å². The lowest BCUT2D eigenvalue weighted by Gasteiger charge is -2.10. The van der Waals surface area contributed by atoms with E-state index < -0.39 is 5.97 Å². The van der Waals surface area contributed by atoms with E-state index in [-0.39, 0.29) is 6.42 Å². The van der Waals surface area contributed by atoms with Gasteiger partial charge in [-0.15, -0.1) is 11.3 Å². The first-order valence-corrected chi connectivity index (χ1v) is 8.66. The Labute approximate surface area is 141 Å². The van der Waals surface area contributed by atoms with Gasteiger partial charge >= 0.3 is 0 Å². The summed E-state index contributed by atoms with van der Waals surface area (Å²) in [6, 6.07) is 5.80. The van der Waals surface area contributed by atoms with Crippen LogP contribution < -0.4 is 10.0 Å². The van der Waals surface area contributed by atoms with Crippen LogP contribution in [-0.2, 0) is 11.2 Å². The number of hydrogen-bond donors (Lipinski definition) is 0. The highest BCUT2D eigenvalue weighted by atomic mass is 32.1. The summed E-state index contributed by atoms with van der Waals surface area (Å²) in [6.45, 7) is 0. The zero-order chi connectivity index (χ0) is 16.4. The van der Waals surface area contributed by atoms with Crippen molar-refractivity contribution >= 4 is 34.5 Å². The second kappa shape index (κ2) is 6.47. The average molecular weight is 344 g/mol. The van der Waals surface area contributed by atoms with Gasteiger partial charge in [0.25, 0.3) is 0 Å². The molecular weight excluding hydrogens is 330 g/mol. The van der Waals surface area contributed by atoms with Crippen LogP contribution in [0.15, 0.2) is 35.2 Å². The van der Waals surface area contributed by atoms with E-state index in [1.54, 1.807) is 17.5 Å². The number of thiazole rings is 1. The molecule has 0 spiro atoms. The lowest BCUT2D eigenvalue weighted by atomic mass is 10.2. The summed E-state index contributed by atoms with van der Waals surface area (Å²) >= 11 is 2.93. The van der Waals surface area contributed by atoms with Crippen LogP contribution in [-0.4, -0.2) is 30.0 Å². The number of aromatic nitrogens is 2. The predicted octanol–water partition coefficient (Wildman–Crippen LogP) is 2.29. The molecule has 0 saturated carbocycles. The van der Waals surface area contributed by atoms with Gasteiger partial charge in [0.2, 0.25) is 0 Å². The van der Waals surface area contributed by atoms with Gasteiger partial charge in [-0.3, -0.25) is 0 Å². The van der Waals surface area contributed by atoms with Crippen molar-refractivity contribution in [2.75, 3.05) is 19.0 Å². The quantitative estimate of drug-likeness (QED) is 0.710. The number of carboxylic acid groups (broad SMARTS) is 1. The van der Waals surface area contributed by atoms with E-state index >= 15 is 0 Å². The molecular formula is C16H14N3O2S2-. The first-order valence-electron chi connectivity index (χ1n) is 6.90. The molecule has 0 unspecified atom stereocenters. The number of hydrogen-bond acceptors (Lipinski definition) is 7. The monoisotopic (exact) mass is 344 g/mol. The van der Waals surface area contributed by atoms with Crippen LogP contribution in [0.2, 0.25) is 0 Å². The predicted molar refractivity (Wildman–Crippen MR) is 91.7 cm³/mol. The summed E-state index contributed by atoms with van der Waals surface area (Å²) in [7, 11) is 3.86. The summed E-state index contributed by atoms with van der Waals surface area (Å²) in [4.78, 5) is 22.6. The summed E-state index contributed by atoms with van der Waals surface area (Å²) in [5.74, 6) is -0.240. The molecule has 3 aromatic heterocycles. The van der Waals surface area contributed by atoms with Crippen molar-refractivity contribution in [2.24, 2.45) is 0 Å². The Morgan fingerprint density at radius 3 is 2.65 bits per heavy atom. The van der Waals surface area contributed by atoms with E-state index in [1.807, 2.05) is 48.0 Å². The number of carbonyl (C=O) groups excluding carboxylic acids is 1. The lowest BCUT2D eigenvalue weighted by Crippen LogP contribution is -2.24. The third kappa shape index (κ3) is 3.40. The average Bonchev–Trinajstić information content (AvgIpc) is 3.16. The number of carbonyl (C=O) groups is 1. The van der Waals surface area contributed by atoms with Crippen LogP contribution in [0.25, 0.3) is 21.8 Å². The summed E-state index contributed by atoms with van der Waals surface area (Å²) in [5, 5.41) is 15.7. The van der Waals surface area contributed by atoms with E-state index in [0.29, 0.717) is 10.6 Å². The number of aliphatic carboxylic acids is 1. The molecule has 118 valence electrons. The van der Waals surface area contributed by atoms with E-state index in [1.165, 1.54) is 11.3 Å². The number of carboxylic acids is 1. The first kappa shape index (κ1) is 15.6. The van der Waals surface area contributed by atoms with Crippen molar-refractivity contribution in [1.82, 2.24) is 9.97 Å². The molecule has 23 heavy (non-hydrogen) atoms. The SMILES string of the molecule is CN(C)c1ccc(-c2nc(-c3ccsc3)c(CC(=O)[O-])s2)cn1. The number of rotatable bonds is 5. The zero-order valence-corrected chi connectivity index (χ0v) is 14.3. The maximum Gasteiger partial charge on any atom is 0.127 e. The molecule has 3 heterocycles. The van der Waals surface area contributed by atoms with E-state index in [2.05, 4.69) is 9.97 Å². The highest BCUT2D eigenvalue weighted by molar-refractivity contribution is 7.15. The van der Waals surface area contributed by atoms with Gasteiger partial charge in [0.15, 0.2) is 0 Å². The topological polar surface area (TPSA) is 69.2 Å². The molecule has 5 nitrogen and oxygen atoms in total. The van der Waals surface area contributed by atoms with Crippen molar-refractivity contribution in [3.05, 3.63) is 40.0 Å². The molecule has 0 aliphatic heterocycles. The molecule has 0 atom stereocenters. The number of anilines is 1. The van der Waals surface area contributed by atoms with Crippen LogP contribution in [0.4, 0.5) is 5.82 Å². The molecule has 0 radical (unpaired) electrons. The highest BCUT2D eigenvalue weighted by Gasteiger charge is 2.15. The minimum absolute atomic E-state index is 0.133. The van der Waals surface area contributed by atoms with E-state index in [9.17, 15) is 9.90 Å². The third-order valence-corrected chi connectivity index (χ3v) is 5.04. The van der Waals surface area contributed by atoms with Crippen molar-refractivity contribution < 1.29 is 9.90 Å². The van der Waals surface area contributed by atoms with Crippen LogP contribution in [0, 0.1) is 0 Å². The molecule has 0 bridgehead atoms. The number of thiophene rings is 1. The minimum atomic E-state index is -1.10. The molecule has 3 rings (SSSR count).